The highest BCUT2D eigenvalue weighted by Crippen LogP contribution is 2.31. The summed E-state index contributed by atoms with van der Waals surface area (Å²) in [5.41, 5.74) is 3.93. The van der Waals surface area contributed by atoms with Gasteiger partial charge < -0.3 is 5.32 Å². The van der Waals surface area contributed by atoms with Crippen LogP contribution in [0, 0.1) is 25.7 Å². The molecule has 120 valence electrons. The summed E-state index contributed by atoms with van der Waals surface area (Å²) in [4.78, 5) is 11.3. The molecule has 0 unspecified atom stereocenters. The van der Waals surface area contributed by atoms with Crippen molar-refractivity contribution in [2.24, 2.45) is 11.8 Å². The highest BCUT2D eigenvalue weighted by atomic mass is 16.1. The molecule has 0 bridgehead atoms. The minimum atomic E-state index is 0.193. The molecule has 2 nitrogen and oxygen atoms in total. The van der Waals surface area contributed by atoms with Crippen molar-refractivity contribution in [3.05, 3.63) is 42.0 Å². The minimum absolute atomic E-state index is 0.193. The second kappa shape index (κ2) is 8.17. The third kappa shape index (κ3) is 5.01. The molecule has 0 heterocycles. The van der Waals surface area contributed by atoms with Crippen molar-refractivity contribution in [1.29, 1.82) is 0 Å². The van der Waals surface area contributed by atoms with Crippen LogP contribution in [0.4, 0.5) is 5.69 Å². The molecule has 0 amide bonds. The molecule has 1 N–H and O–H groups in total. The highest BCUT2D eigenvalue weighted by molar-refractivity contribution is 5.88. The summed E-state index contributed by atoms with van der Waals surface area (Å²) in [5.74, 6) is 1.70. The summed E-state index contributed by atoms with van der Waals surface area (Å²) in [6.45, 7) is 8.93. The van der Waals surface area contributed by atoms with E-state index in [1.165, 1.54) is 48.6 Å². The van der Waals surface area contributed by atoms with Crippen molar-refractivity contribution in [3.63, 3.8) is 0 Å². The third-order valence-electron chi connectivity index (χ3n) is 5.09. The highest BCUT2D eigenvalue weighted by Gasteiger charge is 2.21. The Morgan fingerprint density at radius 3 is 2.50 bits per heavy atom. The summed E-state index contributed by atoms with van der Waals surface area (Å²) in [7, 11) is 0. The quantitative estimate of drug-likeness (QED) is 0.713. The van der Waals surface area contributed by atoms with Gasteiger partial charge in [-0.1, -0.05) is 25.5 Å². The van der Waals surface area contributed by atoms with Crippen molar-refractivity contribution < 1.29 is 4.79 Å². The largest absolute Gasteiger partial charge is 0.385 e. The van der Waals surface area contributed by atoms with Gasteiger partial charge in [0.15, 0.2) is 5.78 Å². The van der Waals surface area contributed by atoms with Gasteiger partial charge in [0, 0.05) is 18.7 Å². The van der Waals surface area contributed by atoms with Gasteiger partial charge in [-0.2, -0.15) is 0 Å². The predicted molar refractivity (Wildman–Crippen MR) is 94.3 cm³/mol. The van der Waals surface area contributed by atoms with E-state index in [-0.39, 0.29) is 5.78 Å². The number of anilines is 1. The number of ketones is 1. The Hall–Kier alpha value is -1.57. The second-order valence-corrected chi connectivity index (χ2v) is 6.78. The molecule has 0 aliphatic heterocycles. The Labute approximate surface area is 135 Å². The average molecular weight is 299 g/mol. The van der Waals surface area contributed by atoms with E-state index in [4.69, 9.17) is 0 Å². The molecule has 2 rings (SSSR count). The number of aryl methyl sites for hydroxylation is 2. The summed E-state index contributed by atoms with van der Waals surface area (Å²) >= 11 is 0. The lowest BCUT2D eigenvalue weighted by Gasteiger charge is -2.28. The van der Waals surface area contributed by atoms with Gasteiger partial charge in [0.05, 0.1) is 0 Å². The molecule has 1 aromatic rings. The van der Waals surface area contributed by atoms with Crippen LogP contribution in [0.2, 0.25) is 0 Å². The molecule has 1 saturated carbocycles. The third-order valence-corrected chi connectivity index (χ3v) is 5.09. The van der Waals surface area contributed by atoms with Crippen LogP contribution in [0.15, 0.2) is 30.9 Å². The fraction of sp³-hybridized carbons (Fsp3) is 0.550. The molecule has 22 heavy (non-hydrogen) atoms. The standard InChI is InChI=1S/C20H29NO/c1-4-20(22)12-10-17-6-8-18(9-7-17)14-21-19-11-5-15(2)16(3)13-19/h4-5,11,13,17-18,21H,1,6-10,12,14H2,2-3H3. The molecular formula is C20H29NO. The molecule has 0 aromatic heterocycles. The van der Waals surface area contributed by atoms with E-state index >= 15 is 0 Å². The molecule has 2 heteroatoms. The van der Waals surface area contributed by atoms with E-state index < -0.39 is 0 Å². The normalized spacial score (nSPS) is 21.4. The van der Waals surface area contributed by atoms with Gasteiger partial charge in [-0.3, -0.25) is 4.79 Å². The lowest BCUT2D eigenvalue weighted by molar-refractivity contribution is -0.114. The summed E-state index contributed by atoms with van der Waals surface area (Å²) in [5, 5.41) is 3.59. The number of carbonyl (C=O) groups is 1. The first kappa shape index (κ1) is 16.8. The van der Waals surface area contributed by atoms with Crippen LogP contribution in [0.25, 0.3) is 0 Å². The van der Waals surface area contributed by atoms with Crippen molar-refractivity contribution in [1.82, 2.24) is 0 Å². The molecule has 0 saturated heterocycles. The number of carbonyl (C=O) groups excluding carboxylic acids is 1. The van der Waals surface area contributed by atoms with E-state index in [0.29, 0.717) is 6.42 Å². The Kier molecular flexibility index (Phi) is 6.23. The van der Waals surface area contributed by atoms with Gasteiger partial charge in [-0.15, -0.1) is 0 Å². The van der Waals surface area contributed by atoms with Gasteiger partial charge in [0.2, 0.25) is 0 Å². The predicted octanol–water partition coefficient (Wildman–Crippen LogP) is 5.06. The van der Waals surface area contributed by atoms with Crippen LogP contribution in [-0.4, -0.2) is 12.3 Å². The van der Waals surface area contributed by atoms with E-state index in [2.05, 4.69) is 43.9 Å². The van der Waals surface area contributed by atoms with Crippen molar-refractivity contribution in [2.75, 3.05) is 11.9 Å². The van der Waals surface area contributed by atoms with Gasteiger partial charge in [0.1, 0.15) is 0 Å². The lowest BCUT2D eigenvalue weighted by Crippen LogP contribution is -2.21. The molecular weight excluding hydrogens is 270 g/mol. The molecule has 0 atom stereocenters. The van der Waals surface area contributed by atoms with Crippen LogP contribution in [-0.2, 0) is 4.79 Å². The lowest BCUT2D eigenvalue weighted by atomic mass is 9.79. The molecule has 0 radical (unpaired) electrons. The molecule has 0 spiro atoms. The van der Waals surface area contributed by atoms with Crippen LogP contribution < -0.4 is 5.32 Å². The first-order valence-corrected chi connectivity index (χ1v) is 8.55. The zero-order chi connectivity index (χ0) is 15.9. The summed E-state index contributed by atoms with van der Waals surface area (Å²) in [6, 6.07) is 6.60. The number of benzene rings is 1. The van der Waals surface area contributed by atoms with E-state index in [1.54, 1.807) is 0 Å². The maximum Gasteiger partial charge on any atom is 0.155 e. The van der Waals surface area contributed by atoms with E-state index in [1.807, 2.05) is 0 Å². The smallest absolute Gasteiger partial charge is 0.155 e. The zero-order valence-corrected chi connectivity index (χ0v) is 14.0. The molecule has 1 aliphatic carbocycles. The number of allylic oxidation sites excluding steroid dienone is 1. The Bertz CT molecular complexity index is 512. The van der Waals surface area contributed by atoms with Gasteiger partial charge >= 0.3 is 0 Å². The van der Waals surface area contributed by atoms with Crippen molar-refractivity contribution in [3.8, 4) is 0 Å². The maximum absolute atomic E-state index is 11.3. The van der Waals surface area contributed by atoms with E-state index in [9.17, 15) is 4.79 Å². The number of nitrogens with one attached hydrogen (secondary N) is 1. The van der Waals surface area contributed by atoms with Crippen molar-refractivity contribution >= 4 is 11.5 Å². The monoisotopic (exact) mass is 299 g/mol. The number of hydrogen-bond donors (Lipinski definition) is 1. The Morgan fingerprint density at radius 1 is 1.18 bits per heavy atom. The first-order chi connectivity index (χ1) is 10.6. The Balaban J connectivity index is 1.70. The molecule has 1 aliphatic rings. The van der Waals surface area contributed by atoms with E-state index in [0.717, 1.165) is 24.8 Å². The fourth-order valence-corrected chi connectivity index (χ4v) is 3.29. The van der Waals surface area contributed by atoms with Crippen LogP contribution in [0.5, 0.6) is 0 Å². The van der Waals surface area contributed by atoms with Gasteiger partial charge in [-0.05, 0) is 74.3 Å². The van der Waals surface area contributed by atoms with Crippen molar-refractivity contribution in [2.45, 2.75) is 52.4 Å². The maximum atomic E-state index is 11.3. The Morgan fingerprint density at radius 2 is 1.86 bits per heavy atom. The zero-order valence-electron chi connectivity index (χ0n) is 14.0. The SMILES string of the molecule is C=CC(=O)CCC1CCC(CNc2ccc(C)c(C)c2)CC1. The van der Waals surface area contributed by atoms with Gasteiger partial charge in [0.25, 0.3) is 0 Å². The summed E-state index contributed by atoms with van der Waals surface area (Å²) < 4.78 is 0. The minimum Gasteiger partial charge on any atom is -0.385 e. The summed E-state index contributed by atoms with van der Waals surface area (Å²) in [6.07, 6.45) is 8.28. The van der Waals surface area contributed by atoms with Crippen LogP contribution in [0.1, 0.15) is 49.7 Å². The molecule has 1 aromatic carbocycles. The number of hydrogen-bond acceptors (Lipinski definition) is 2. The molecule has 1 fully saturated rings. The first-order valence-electron chi connectivity index (χ1n) is 8.55. The second-order valence-electron chi connectivity index (χ2n) is 6.78. The van der Waals surface area contributed by atoms with Gasteiger partial charge in [-0.25, -0.2) is 0 Å². The fourth-order valence-electron chi connectivity index (χ4n) is 3.29. The van der Waals surface area contributed by atoms with Crippen LogP contribution in [0.3, 0.4) is 0 Å². The average Bonchev–Trinajstić information content (AvgIpc) is 2.54. The number of rotatable bonds is 7. The topological polar surface area (TPSA) is 29.1 Å². The van der Waals surface area contributed by atoms with Crippen LogP contribution >= 0.6 is 0 Å².